The average Bonchev–Trinajstić information content (AvgIpc) is 3.58. The first-order chi connectivity index (χ1) is 18.6. The van der Waals surface area contributed by atoms with Crippen LogP contribution in [-0.4, -0.2) is 74.8 Å². The molecule has 12 heteroatoms. The zero-order chi connectivity index (χ0) is 27.9. The summed E-state index contributed by atoms with van der Waals surface area (Å²) in [6.07, 6.45) is -2.05. The second kappa shape index (κ2) is 10.3. The van der Waals surface area contributed by atoms with Gasteiger partial charge in [-0.3, -0.25) is 9.69 Å². The Morgan fingerprint density at radius 1 is 1.23 bits per heavy atom. The number of halogens is 3. The molecule has 39 heavy (non-hydrogen) atoms. The van der Waals surface area contributed by atoms with E-state index in [1.807, 2.05) is 11.8 Å². The van der Waals surface area contributed by atoms with E-state index < -0.39 is 17.8 Å². The van der Waals surface area contributed by atoms with Gasteiger partial charge in [0.15, 0.2) is 11.3 Å². The van der Waals surface area contributed by atoms with Crippen molar-refractivity contribution in [2.45, 2.75) is 32.1 Å². The topological polar surface area (TPSA) is 96.3 Å². The molecule has 1 fully saturated rings. The first-order valence-corrected chi connectivity index (χ1v) is 12.4. The second-order valence-electron chi connectivity index (χ2n) is 9.51. The molecular weight excluding hydrogens is 515 g/mol. The van der Waals surface area contributed by atoms with Crippen molar-refractivity contribution < 1.29 is 32.2 Å². The molecule has 0 bridgehead atoms. The predicted molar refractivity (Wildman–Crippen MR) is 135 cm³/mol. The van der Waals surface area contributed by atoms with E-state index >= 15 is 0 Å². The van der Waals surface area contributed by atoms with Gasteiger partial charge < -0.3 is 19.2 Å². The summed E-state index contributed by atoms with van der Waals surface area (Å²) in [4.78, 5) is 21.8. The Hall–Kier alpha value is -3.90. The van der Waals surface area contributed by atoms with E-state index in [9.17, 15) is 23.1 Å². The lowest BCUT2D eigenvalue weighted by Crippen LogP contribution is -2.55. The Morgan fingerprint density at radius 2 is 1.97 bits per heavy atom. The molecule has 5 rings (SSSR count). The Bertz CT molecular complexity index is 1470. The maximum Gasteiger partial charge on any atom is 0.433 e. The van der Waals surface area contributed by atoms with Gasteiger partial charge in [-0.25, -0.2) is 9.50 Å². The van der Waals surface area contributed by atoms with Crippen LogP contribution in [0.15, 0.2) is 53.3 Å². The highest BCUT2D eigenvalue weighted by atomic mass is 19.4. The highest BCUT2D eigenvalue weighted by Gasteiger charge is 2.40. The van der Waals surface area contributed by atoms with Gasteiger partial charge in [0.05, 0.1) is 37.9 Å². The molecule has 0 unspecified atom stereocenters. The average molecular weight is 544 g/mol. The fourth-order valence-electron chi connectivity index (χ4n) is 5.18. The number of carbonyl (C=O) groups excluding carboxylic acids is 1. The highest BCUT2D eigenvalue weighted by molar-refractivity contribution is 6.00. The summed E-state index contributed by atoms with van der Waals surface area (Å²) in [6.45, 7) is 4.23. The fourth-order valence-corrected chi connectivity index (χ4v) is 5.18. The van der Waals surface area contributed by atoms with Crippen molar-refractivity contribution in [3.63, 3.8) is 0 Å². The van der Waals surface area contributed by atoms with E-state index in [-0.39, 0.29) is 41.2 Å². The Balaban J connectivity index is 1.50. The highest BCUT2D eigenvalue weighted by Crippen LogP contribution is 2.37. The first kappa shape index (κ1) is 26.7. The van der Waals surface area contributed by atoms with Gasteiger partial charge >= 0.3 is 6.18 Å². The number of amides is 1. The summed E-state index contributed by atoms with van der Waals surface area (Å²) in [5.74, 6) is 0.718. The van der Waals surface area contributed by atoms with Crippen LogP contribution in [0.25, 0.3) is 16.9 Å². The summed E-state index contributed by atoms with van der Waals surface area (Å²) in [5.41, 5.74) is -0.704. The number of hydrogen-bond donors (Lipinski definition) is 1. The van der Waals surface area contributed by atoms with Crippen LogP contribution in [0.1, 0.15) is 40.3 Å². The van der Waals surface area contributed by atoms with E-state index in [0.717, 1.165) is 6.20 Å². The van der Waals surface area contributed by atoms with Gasteiger partial charge in [-0.15, -0.1) is 0 Å². The number of ether oxygens (including phenoxy) is 1. The molecule has 1 N–H and O–H groups in total. The zero-order valence-electron chi connectivity index (χ0n) is 21.6. The minimum Gasteiger partial charge on any atom is -0.497 e. The second-order valence-corrected chi connectivity index (χ2v) is 9.51. The number of aromatic nitrogens is 3. The van der Waals surface area contributed by atoms with Gasteiger partial charge in [0.1, 0.15) is 17.1 Å². The molecule has 0 radical (unpaired) electrons. The van der Waals surface area contributed by atoms with Crippen LogP contribution in [-0.2, 0) is 6.18 Å². The fraction of sp³-hybridized carbons (Fsp3) is 0.370. The number of carbonyl (C=O) groups is 1. The molecule has 3 aromatic heterocycles. The predicted octanol–water partition coefficient (Wildman–Crippen LogP) is 4.21. The van der Waals surface area contributed by atoms with Crippen molar-refractivity contribution >= 4 is 11.6 Å². The molecule has 4 heterocycles. The molecule has 1 aromatic carbocycles. The number of fused-ring (bicyclic) bond motifs is 1. The van der Waals surface area contributed by atoms with Gasteiger partial charge in [-0.2, -0.15) is 18.3 Å². The number of benzene rings is 1. The number of piperazine rings is 1. The molecule has 4 aromatic rings. The quantitative estimate of drug-likeness (QED) is 0.389. The monoisotopic (exact) mass is 543 g/mol. The molecule has 0 spiro atoms. The van der Waals surface area contributed by atoms with Crippen molar-refractivity contribution in [1.82, 2.24) is 24.4 Å². The first-order valence-electron chi connectivity index (χ1n) is 12.4. The minimum absolute atomic E-state index is 0.0136. The van der Waals surface area contributed by atoms with Gasteiger partial charge in [0, 0.05) is 36.8 Å². The van der Waals surface area contributed by atoms with Crippen molar-refractivity contribution in [2.24, 2.45) is 0 Å². The van der Waals surface area contributed by atoms with Crippen molar-refractivity contribution in [3.8, 4) is 17.0 Å². The van der Waals surface area contributed by atoms with E-state index in [1.54, 1.807) is 41.3 Å². The lowest BCUT2D eigenvalue weighted by atomic mass is 10.0. The minimum atomic E-state index is -4.73. The largest absolute Gasteiger partial charge is 0.497 e. The van der Waals surface area contributed by atoms with E-state index in [4.69, 9.17) is 9.15 Å². The van der Waals surface area contributed by atoms with Gasteiger partial charge in [0.2, 0.25) is 0 Å². The third-order valence-corrected chi connectivity index (χ3v) is 7.15. The van der Waals surface area contributed by atoms with Gasteiger partial charge in [-0.1, -0.05) is 0 Å². The van der Waals surface area contributed by atoms with Crippen molar-refractivity contribution in [2.75, 3.05) is 33.4 Å². The maximum atomic E-state index is 14.3. The van der Waals surface area contributed by atoms with Crippen LogP contribution < -0.4 is 4.74 Å². The standard InChI is InChI=1S/C27H28F3N5O4/c1-16-14-33(21(15-36)22-5-4-12-39-22)10-11-34(16)26(37)20-13-31-35-24(27(28,29)30)17(2)23(32-25(20)35)18-6-8-19(38-3)9-7-18/h4-9,12-13,16,21,36H,10-11,14-15H2,1-3H3/t16-,21-/m1/s1. The number of rotatable bonds is 6. The summed E-state index contributed by atoms with van der Waals surface area (Å²) in [7, 11) is 1.50. The van der Waals surface area contributed by atoms with Crippen molar-refractivity contribution in [1.29, 1.82) is 0 Å². The summed E-state index contributed by atoms with van der Waals surface area (Å²) in [5, 5.41) is 13.9. The van der Waals surface area contributed by atoms with E-state index in [0.29, 0.717) is 41.2 Å². The van der Waals surface area contributed by atoms with E-state index in [2.05, 4.69) is 10.1 Å². The molecule has 0 aliphatic carbocycles. The molecular formula is C27H28F3N5O4. The third-order valence-electron chi connectivity index (χ3n) is 7.15. The van der Waals surface area contributed by atoms with Gasteiger partial charge in [-0.05, 0) is 50.2 Å². The normalized spacial score (nSPS) is 17.5. The number of methoxy groups -OCH3 is 1. The Morgan fingerprint density at radius 3 is 2.56 bits per heavy atom. The Labute approximate surface area is 222 Å². The zero-order valence-corrected chi connectivity index (χ0v) is 21.6. The third kappa shape index (κ3) is 4.85. The molecule has 2 atom stereocenters. The number of hydrogen-bond acceptors (Lipinski definition) is 7. The lowest BCUT2D eigenvalue weighted by molar-refractivity contribution is -0.143. The molecule has 0 saturated carbocycles. The molecule has 206 valence electrons. The lowest BCUT2D eigenvalue weighted by Gasteiger charge is -2.42. The van der Waals surface area contributed by atoms with Crippen LogP contribution >= 0.6 is 0 Å². The van der Waals surface area contributed by atoms with Crippen LogP contribution in [0.3, 0.4) is 0 Å². The molecule has 1 aliphatic heterocycles. The Kier molecular flexibility index (Phi) is 7.08. The number of nitrogens with zero attached hydrogens (tertiary/aromatic N) is 5. The maximum absolute atomic E-state index is 14.3. The summed E-state index contributed by atoms with van der Waals surface area (Å²) < 4.78 is 54.1. The number of furan rings is 1. The number of aliphatic hydroxyl groups excluding tert-OH is 1. The molecule has 1 amide bonds. The number of alkyl halides is 3. The van der Waals surface area contributed by atoms with Crippen LogP contribution in [0.4, 0.5) is 13.2 Å². The smallest absolute Gasteiger partial charge is 0.433 e. The number of aliphatic hydroxyl groups is 1. The van der Waals surface area contributed by atoms with E-state index in [1.165, 1.54) is 20.3 Å². The van der Waals surface area contributed by atoms with Crippen LogP contribution in [0.5, 0.6) is 5.75 Å². The molecule has 1 aliphatic rings. The SMILES string of the molecule is COc1ccc(-c2nc3c(C(=O)N4CCN([C@H](CO)c5ccco5)C[C@H]4C)cnn3c(C(F)(F)F)c2C)cc1. The molecule has 9 nitrogen and oxygen atoms in total. The van der Waals surface area contributed by atoms with Crippen LogP contribution in [0, 0.1) is 6.92 Å². The summed E-state index contributed by atoms with van der Waals surface area (Å²) >= 11 is 0. The van der Waals surface area contributed by atoms with Crippen molar-refractivity contribution in [3.05, 3.63) is 71.4 Å². The van der Waals surface area contributed by atoms with Crippen LogP contribution in [0.2, 0.25) is 0 Å². The molecule has 1 saturated heterocycles. The van der Waals surface area contributed by atoms with Gasteiger partial charge in [0.25, 0.3) is 5.91 Å². The summed E-state index contributed by atoms with van der Waals surface area (Å²) in [6, 6.07) is 9.41.